The zero-order valence-electron chi connectivity index (χ0n) is 11.9. The van der Waals surface area contributed by atoms with Gasteiger partial charge in [-0.15, -0.1) is 0 Å². The van der Waals surface area contributed by atoms with Gasteiger partial charge in [-0.3, -0.25) is 14.7 Å². The minimum absolute atomic E-state index is 0.000873. The highest BCUT2D eigenvalue weighted by Gasteiger charge is 2.19. The molecule has 0 bridgehead atoms. The third-order valence-electron chi connectivity index (χ3n) is 3.00. The number of carbonyl (C=O) groups is 2. The largest absolute Gasteiger partial charge is 0.468 e. The average Bonchev–Trinajstić information content (AvgIpc) is 2.69. The number of esters is 1. The van der Waals surface area contributed by atoms with E-state index < -0.39 is 5.97 Å². The van der Waals surface area contributed by atoms with Gasteiger partial charge in [-0.2, -0.15) is 5.10 Å². The van der Waals surface area contributed by atoms with Gasteiger partial charge in [-0.05, 0) is 20.3 Å². The van der Waals surface area contributed by atoms with E-state index in [1.807, 2.05) is 20.8 Å². The number of hydrogen-bond donors (Lipinski definition) is 1. The standard InChI is InChI=1S/C13H21N3O3/c1-5-6-16(8-13(18)19-4)12(17)7-11-9(2)14-15-10(11)3/h5-8H2,1-4H3,(H,14,15). The van der Waals surface area contributed by atoms with Crippen LogP contribution >= 0.6 is 0 Å². The number of aromatic nitrogens is 2. The van der Waals surface area contributed by atoms with Gasteiger partial charge in [0.1, 0.15) is 6.54 Å². The van der Waals surface area contributed by atoms with E-state index in [4.69, 9.17) is 0 Å². The minimum Gasteiger partial charge on any atom is -0.468 e. The van der Waals surface area contributed by atoms with E-state index in [0.29, 0.717) is 6.54 Å². The molecule has 1 rings (SSSR count). The lowest BCUT2D eigenvalue weighted by atomic mass is 10.1. The maximum atomic E-state index is 12.2. The minimum atomic E-state index is -0.401. The zero-order valence-corrected chi connectivity index (χ0v) is 11.9. The normalized spacial score (nSPS) is 10.3. The number of methoxy groups -OCH3 is 1. The van der Waals surface area contributed by atoms with Crippen LogP contribution in [0.3, 0.4) is 0 Å². The van der Waals surface area contributed by atoms with Gasteiger partial charge >= 0.3 is 5.97 Å². The highest BCUT2D eigenvalue weighted by atomic mass is 16.5. The van der Waals surface area contributed by atoms with Crippen molar-refractivity contribution in [3.05, 3.63) is 17.0 Å². The Morgan fingerprint density at radius 2 is 2.05 bits per heavy atom. The Bertz CT molecular complexity index is 434. The van der Waals surface area contributed by atoms with Gasteiger partial charge in [0.25, 0.3) is 0 Å². The molecular formula is C13H21N3O3. The topological polar surface area (TPSA) is 75.3 Å². The average molecular weight is 267 g/mol. The number of nitrogens with zero attached hydrogens (tertiary/aromatic N) is 2. The fourth-order valence-electron chi connectivity index (χ4n) is 1.88. The van der Waals surface area contributed by atoms with E-state index in [1.54, 1.807) is 0 Å². The first-order valence-electron chi connectivity index (χ1n) is 6.34. The van der Waals surface area contributed by atoms with E-state index >= 15 is 0 Å². The van der Waals surface area contributed by atoms with Crippen LogP contribution in [-0.2, 0) is 20.7 Å². The first-order valence-corrected chi connectivity index (χ1v) is 6.34. The zero-order chi connectivity index (χ0) is 14.4. The van der Waals surface area contributed by atoms with Gasteiger partial charge in [0.15, 0.2) is 0 Å². The van der Waals surface area contributed by atoms with E-state index in [0.717, 1.165) is 23.4 Å². The van der Waals surface area contributed by atoms with Crippen molar-refractivity contribution in [2.45, 2.75) is 33.6 Å². The number of carbonyl (C=O) groups excluding carboxylic acids is 2. The second kappa shape index (κ2) is 6.92. The summed E-state index contributed by atoms with van der Waals surface area (Å²) in [5.74, 6) is -0.484. The van der Waals surface area contributed by atoms with E-state index in [2.05, 4.69) is 14.9 Å². The quantitative estimate of drug-likeness (QED) is 0.780. The van der Waals surface area contributed by atoms with Crippen molar-refractivity contribution in [3.63, 3.8) is 0 Å². The molecule has 0 radical (unpaired) electrons. The van der Waals surface area contributed by atoms with Crippen molar-refractivity contribution in [2.75, 3.05) is 20.2 Å². The summed E-state index contributed by atoms with van der Waals surface area (Å²) in [5, 5.41) is 6.92. The summed E-state index contributed by atoms with van der Waals surface area (Å²) in [4.78, 5) is 25.1. The van der Waals surface area contributed by atoms with Gasteiger partial charge in [-0.1, -0.05) is 6.92 Å². The van der Waals surface area contributed by atoms with Crippen LogP contribution in [0, 0.1) is 13.8 Å². The number of hydrogen-bond acceptors (Lipinski definition) is 4. The number of aryl methyl sites for hydroxylation is 2. The predicted octanol–water partition coefficient (Wildman–Crippen LogP) is 0.981. The van der Waals surface area contributed by atoms with Crippen molar-refractivity contribution >= 4 is 11.9 Å². The fourth-order valence-corrected chi connectivity index (χ4v) is 1.88. The first kappa shape index (κ1) is 15.2. The molecule has 1 aromatic rings. The molecule has 0 atom stereocenters. The molecule has 6 nitrogen and oxygen atoms in total. The van der Waals surface area contributed by atoms with Crippen molar-refractivity contribution in [1.29, 1.82) is 0 Å². The van der Waals surface area contributed by atoms with E-state index in [1.165, 1.54) is 12.0 Å². The summed E-state index contributed by atoms with van der Waals surface area (Å²) in [5.41, 5.74) is 2.61. The number of rotatable bonds is 6. The Balaban J connectivity index is 2.74. The van der Waals surface area contributed by atoms with Gasteiger partial charge in [0.2, 0.25) is 5.91 Å². The number of amides is 1. The summed E-state index contributed by atoms with van der Waals surface area (Å²) in [7, 11) is 1.32. The number of nitrogens with one attached hydrogen (secondary N) is 1. The second-order valence-electron chi connectivity index (χ2n) is 4.48. The van der Waals surface area contributed by atoms with Gasteiger partial charge < -0.3 is 9.64 Å². The summed E-state index contributed by atoms with van der Waals surface area (Å²) < 4.78 is 4.61. The second-order valence-corrected chi connectivity index (χ2v) is 4.48. The molecule has 0 saturated heterocycles. The molecule has 0 aromatic carbocycles. The smallest absolute Gasteiger partial charge is 0.325 e. The van der Waals surface area contributed by atoms with Crippen molar-refractivity contribution in [2.24, 2.45) is 0 Å². The molecule has 19 heavy (non-hydrogen) atoms. The molecule has 0 aliphatic carbocycles. The van der Waals surface area contributed by atoms with Gasteiger partial charge in [0.05, 0.1) is 19.2 Å². The Hall–Kier alpha value is -1.85. The molecule has 1 amide bonds. The number of H-pyrrole nitrogens is 1. The molecular weight excluding hydrogens is 246 g/mol. The molecule has 0 spiro atoms. The molecule has 1 heterocycles. The van der Waals surface area contributed by atoms with Crippen molar-refractivity contribution < 1.29 is 14.3 Å². The number of aromatic amines is 1. The summed E-state index contributed by atoms with van der Waals surface area (Å²) in [6.07, 6.45) is 1.05. The predicted molar refractivity (Wildman–Crippen MR) is 70.7 cm³/mol. The van der Waals surface area contributed by atoms with Crippen LogP contribution in [0.1, 0.15) is 30.3 Å². The highest BCUT2D eigenvalue weighted by molar-refractivity contribution is 5.83. The van der Waals surface area contributed by atoms with Gasteiger partial charge in [-0.25, -0.2) is 0 Å². The fraction of sp³-hybridized carbons (Fsp3) is 0.615. The molecule has 1 N–H and O–H groups in total. The summed E-state index contributed by atoms with van der Waals surface area (Å²) in [6, 6.07) is 0. The lowest BCUT2D eigenvalue weighted by Crippen LogP contribution is -2.37. The van der Waals surface area contributed by atoms with Crippen LogP contribution in [0.2, 0.25) is 0 Å². The monoisotopic (exact) mass is 267 g/mol. The Morgan fingerprint density at radius 1 is 1.37 bits per heavy atom. The van der Waals surface area contributed by atoms with Crippen LogP contribution < -0.4 is 0 Å². The van der Waals surface area contributed by atoms with Crippen LogP contribution in [0.25, 0.3) is 0 Å². The molecule has 1 aromatic heterocycles. The maximum absolute atomic E-state index is 12.2. The van der Waals surface area contributed by atoms with Crippen molar-refractivity contribution in [3.8, 4) is 0 Å². The molecule has 0 unspecified atom stereocenters. The van der Waals surface area contributed by atoms with Crippen LogP contribution in [0.4, 0.5) is 0 Å². The Kier molecular flexibility index (Phi) is 5.54. The molecule has 0 fully saturated rings. The first-order chi connectivity index (χ1) is 8.99. The maximum Gasteiger partial charge on any atom is 0.325 e. The molecule has 0 aliphatic heterocycles. The lowest BCUT2D eigenvalue weighted by molar-refractivity contribution is -0.146. The third kappa shape index (κ3) is 4.08. The summed E-state index contributed by atoms with van der Waals surface area (Å²) in [6.45, 7) is 6.25. The molecule has 0 saturated carbocycles. The molecule has 0 aliphatic rings. The van der Waals surface area contributed by atoms with Gasteiger partial charge in [0, 0.05) is 17.8 Å². The third-order valence-corrected chi connectivity index (χ3v) is 3.00. The van der Waals surface area contributed by atoms with Crippen molar-refractivity contribution in [1.82, 2.24) is 15.1 Å². The summed E-state index contributed by atoms with van der Waals surface area (Å²) >= 11 is 0. The van der Waals surface area contributed by atoms with E-state index in [-0.39, 0.29) is 18.9 Å². The van der Waals surface area contributed by atoms with E-state index in [9.17, 15) is 9.59 Å². The lowest BCUT2D eigenvalue weighted by Gasteiger charge is -2.20. The highest BCUT2D eigenvalue weighted by Crippen LogP contribution is 2.11. The molecule has 106 valence electrons. The Labute approximate surface area is 113 Å². The van der Waals surface area contributed by atoms with Crippen LogP contribution in [0.5, 0.6) is 0 Å². The van der Waals surface area contributed by atoms with Crippen LogP contribution in [-0.4, -0.2) is 47.2 Å². The molecule has 6 heteroatoms. The number of ether oxygens (including phenoxy) is 1. The Morgan fingerprint density at radius 3 is 2.53 bits per heavy atom. The SMILES string of the molecule is CCCN(CC(=O)OC)C(=O)Cc1c(C)n[nH]c1C. The van der Waals surface area contributed by atoms with Crippen LogP contribution in [0.15, 0.2) is 0 Å².